The highest BCUT2D eigenvalue weighted by Gasteiger charge is 2.18. The fraction of sp³-hybridized carbons (Fsp3) is 0.294. The number of likely N-dealkylation sites (N-methyl/N-ethyl adjacent to an activating group) is 1. The van der Waals surface area contributed by atoms with Crippen molar-refractivity contribution < 1.29 is 9.59 Å². The second-order valence-corrected chi connectivity index (χ2v) is 6.13. The molecule has 1 amide bonds. The van der Waals surface area contributed by atoms with E-state index in [0.29, 0.717) is 11.3 Å². The van der Waals surface area contributed by atoms with Gasteiger partial charge >= 0.3 is 0 Å². The molecule has 22 heavy (non-hydrogen) atoms. The largest absolute Gasteiger partial charge is 0.325 e. The Morgan fingerprint density at radius 3 is 2.73 bits per heavy atom. The van der Waals surface area contributed by atoms with E-state index in [0.717, 1.165) is 6.54 Å². The van der Waals surface area contributed by atoms with Crippen LogP contribution in [0.1, 0.15) is 29.8 Å². The van der Waals surface area contributed by atoms with Crippen LogP contribution in [0.15, 0.2) is 41.1 Å². The standard InChI is InChI=1S/C17H20N2O2S/c1-12(19(3)10-14-7-8-22-11-14)17(21)18-16-6-4-5-15(9-16)13(2)20/h4-9,11-12H,10H2,1-3H3,(H,18,21)/t12-/m0/s1. The molecule has 0 fully saturated rings. The molecule has 0 aliphatic rings. The second-order valence-electron chi connectivity index (χ2n) is 5.35. The summed E-state index contributed by atoms with van der Waals surface area (Å²) in [6.45, 7) is 4.11. The molecule has 1 heterocycles. The number of nitrogens with one attached hydrogen (secondary N) is 1. The topological polar surface area (TPSA) is 49.4 Å². The SMILES string of the molecule is CC(=O)c1cccc(NC(=O)[C@H](C)N(C)Cc2ccsc2)c1. The summed E-state index contributed by atoms with van der Waals surface area (Å²) in [7, 11) is 1.92. The third kappa shape index (κ3) is 4.26. The van der Waals surface area contributed by atoms with Gasteiger partial charge in [0.25, 0.3) is 0 Å². The van der Waals surface area contributed by atoms with Crippen LogP contribution in [-0.2, 0) is 11.3 Å². The summed E-state index contributed by atoms with van der Waals surface area (Å²) in [5.41, 5.74) is 2.44. The fourth-order valence-corrected chi connectivity index (χ4v) is 2.73. The van der Waals surface area contributed by atoms with Crippen LogP contribution in [0.25, 0.3) is 0 Å². The van der Waals surface area contributed by atoms with Gasteiger partial charge < -0.3 is 5.32 Å². The Morgan fingerprint density at radius 2 is 2.09 bits per heavy atom. The second kappa shape index (κ2) is 7.33. The highest BCUT2D eigenvalue weighted by atomic mass is 32.1. The first-order valence-electron chi connectivity index (χ1n) is 7.10. The fourth-order valence-electron chi connectivity index (χ4n) is 2.07. The maximum atomic E-state index is 12.3. The van der Waals surface area contributed by atoms with Crippen molar-refractivity contribution in [3.05, 3.63) is 52.2 Å². The molecule has 0 aliphatic heterocycles. The van der Waals surface area contributed by atoms with Crippen molar-refractivity contribution in [1.29, 1.82) is 0 Å². The number of amides is 1. The van der Waals surface area contributed by atoms with Gasteiger partial charge in [-0.2, -0.15) is 11.3 Å². The van der Waals surface area contributed by atoms with Gasteiger partial charge in [0.05, 0.1) is 6.04 Å². The molecule has 1 N–H and O–H groups in total. The number of anilines is 1. The molecule has 1 aromatic heterocycles. The van der Waals surface area contributed by atoms with Crippen molar-refractivity contribution >= 4 is 28.7 Å². The third-order valence-corrected chi connectivity index (χ3v) is 4.32. The number of hydrogen-bond donors (Lipinski definition) is 1. The number of hydrogen-bond acceptors (Lipinski definition) is 4. The summed E-state index contributed by atoms with van der Waals surface area (Å²) in [5.74, 6) is -0.0999. The highest BCUT2D eigenvalue weighted by Crippen LogP contribution is 2.14. The van der Waals surface area contributed by atoms with E-state index in [4.69, 9.17) is 0 Å². The average Bonchev–Trinajstić information content (AvgIpc) is 2.99. The predicted octanol–water partition coefficient (Wildman–Crippen LogP) is 3.41. The maximum absolute atomic E-state index is 12.3. The molecule has 0 saturated carbocycles. The molecule has 2 rings (SSSR count). The van der Waals surface area contributed by atoms with E-state index in [1.165, 1.54) is 12.5 Å². The Bertz CT molecular complexity index is 652. The molecule has 0 spiro atoms. The monoisotopic (exact) mass is 316 g/mol. The Labute approximate surface area is 134 Å². The van der Waals surface area contributed by atoms with E-state index in [2.05, 4.69) is 16.8 Å². The minimum atomic E-state index is -0.263. The van der Waals surface area contributed by atoms with E-state index < -0.39 is 0 Å². The van der Waals surface area contributed by atoms with Crippen molar-refractivity contribution in [2.45, 2.75) is 26.4 Å². The molecule has 1 atom stereocenters. The minimum absolute atomic E-state index is 0.0151. The summed E-state index contributed by atoms with van der Waals surface area (Å²) in [4.78, 5) is 25.7. The van der Waals surface area contributed by atoms with Gasteiger partial charge in [-0.25, -0.2) is 0 Å². The normalized spacial score (nSPS) is 12.2. The Hall–Kier alpha value is -1.98. The number of carbonyl (C=O) groups is 2. The van der Waals surface area contributed by atoms with Gasteiger partial charge in [-0.3, -0.25) is 14.5 Å². The summed E-state index contributed by atoms with van der Waals surface area (Å²) < 4.78 is 0. The molecular weight excluding hydrogens is 296 g/mol. The zero-order chi connectivity index (χ0) is 16.1. The molecule has 1 aromatic carbocycles. The van der Waals surface area contributed by atoms with Crippen LogP contribution in [0.3, 0.4) is 0 Å². The average molecular weight is 316 g/mol. The van der Waals surface area contributed by atoms with Crippen LogP contribution >= 0.6 is 11.3 Å². The number of carbonyl (C=O) groups excluding carboxylic acids is 2. The van der Waals surface area contributed by atoms with Gasteiger partial charge in [-0.1, -0.05) is 12.1 Å². The lowest BCUT2D eigenvalue weighted by Crippen LogP contribution is -2.39. The van der Waals surface area contributed by atoms with Crippen LogP contribution in [0, 0.1) is 0 Å². The number of thiophene rings is 1. The Balaban J connectivity index is 1.98. The van der Waals surface area contributed by atoms with Crippen molar-refractivity contribution in [3.63, 3.8) is 0 Å². The van der Waals surface area contributed by atoms with E-state index in [-0.39, 0.29) is 17.7 Å². The van der Waals surface area contributed by atoms with Crippen molar-refractivity contribution in [1.82, 2.24) is 4.90 Å². The van der Waals surface area contributed by atoms with Gasteiger partial charge in [-0.15, -0.1) is 0 Å². The minimum Gasteiger partial charge on any atom is -0.325 e. The molecule has 0 unspecified atom stereocenters. The predicted molar refractivity (Wildman–Crippen MR) is 90.3 cm³/mol. The van der Waals surface area contributed by atoms with E-state index in [1.54, 1.807) is 35.6 Å². The highest BCUT2D eigenvalue weighted by molar-refractivity contribution is 7.07. The molecule has 0 radical (unpaired) electrons. The quantitative estimate of drug-likeness (QED) is 0.831. The molecule has 0 saturated heterocycles. The summed E-state index contributed by atoms with van der Waals surface area (Å²) >= 11 is 1.65. The van der Waals surface area contributed by atoms with E-state index in [1.807, 2.05) is 24.3 Å². The third-order valence-electron chi connectivity index (χ3n) is 3.59. The molecule has 4 nitrogen and oxygen atoms in total. The molecule has 116 valence electrons. The number of Topliss-reactive ketones (excluding diaryl/α,β-unsaturated/α-hetero) is 1. The number of benzene rings is 1. The number of rotatable bonds is 6. The van der Waals surface area contributed by atoms with E-state index >= 15 is 0 Å². The van der Waals surface area contributed by atoms with Crippen LogP contribution in [0.5, 0.6) is 0 Å². The zero-order valence-corrected chi connectivity index (χ0v) is 13.8. The molecule has 5 heteroatoms. The van der Waals surface area contributed by atoms with Gasteiger partial charge in [0.2, 0.25) is 5.91 Å². The van der Waals surface area contributed by atoms with Crippen LogP contribution in [0.4, 0.5) is 5.69 Å². The lowest BCUT2D eigenvalue weighted by atomic mass is 10.1. The summed E-state index contributed by atoms with van der Waals surface area (Å²) in [6.07, 6.45) is 0. The first-order chi connectivity index (χ1) is 10.5. The Morgan fingerprint density at radius 1 is 1.32 bits per heavy atom. The zero-order valence-electron chi connectivity index (χ0n) is 13.0. The van der Waals surface area contributed by atoms with Gasteiger partial charge in [0.1, 0.15) is 0 Å². The summed E-state index contributed by atoms with van der Waals surface area (Å²) in [6, 6.07) is 8.79. The lowest BCUT2D eigenvalue weighted by molar-refractivity contribution is -0.120. The van der Waals surface area contributed by atoms with Gasteiger partial charge in [0.15, 0.2) is 5.78 Å². The Kier molecular flexibility index (Phi) is 5.46. The molecule has 2 aromatic rings. The molecular formula is C17H20N2O2S. The van der Waals surface area contributed by atoms with Crippen molar-refractivity contribution in [2.75, 3.05) is 12.4 Å². The van der Waals surface area contributed by atoms with Crippen LogP contribution in [0.2, 0.25) is 0 Å². The molecule has 0 bridgehead atoms. The van der Waals surface area contributed by atoms with Crippen molar-refractivity contribution in [3.8, 4) is 0 Å². The van der Waals surface area contributed by atoms with Crippen molar-refractivity contribution in [2.24, 2.45) is 0 Å². The number of ketones is 1. The van der Waals surface area contributed by atoms with Crippen LogP contribution in [-0.4, -0.2) is 29.7 Å². The summed E-state index contributed by atoms with van der Waals surface area (Å²) in [5, 5.41) is 6.98. The first-order valence-corrected chi connectivity index (χ1v) is 8.05. The smallest absolute Gasteiger partial charge is 0.241 e. The lowest BCUT2D eigenvalue weighted by Gasteiger charge is -2.23. The van der Waals surface area contributed by atoms with E-state index in [9.17, 15) is 9.59 Å². The number of nitrogens with zero attached hydrogens (tertiary/aromatic N) is 1. The first kappa shape index (κ1) is 16.4. The van der Waals surface area contributed by atoms with Gasteiger partial charge in [-0.05, 0) is 55.4 Å². The van der Waals surface area contributed by atoms with Crippen LogP contribution < -0.4 is 5.32 Å². The maximum Gasteiger partial charge on any atom is 0.241 e. The van der Waals surface area contributed by atoms with Gasteiger partial charge in [0, 0.05) is 17.8 Å². The molecule has 0 aliphatic carbocycles.